The van der Waals surface area contributed by atoms with Gasteiger partial charge in [0, 0.05) is 18.9 Å². The molecule has 2 aromatic carbocycles. The average Bonchev–Trinajstić information content (AvgIpc) is 3.17. The molecule has 2 aromatic rings. The zero-order chi connectivity index (χ0) is 25.4. The first-order valence-corrected chi connectivity index (χ1v) is 12.4. The van der Waals surface area contributed by atoms with Gasteiger partial charge in [-0.25, -0.2) is 4.79 Å². The van der Waals surface area contributed by atoms with Crippen molar-refractivity contribution in [3.8, 4) is 11.1 Å². The molecule has 3 unspecified atom stereocenters. The summed E-state index contributed by atoms with van der Waals surface area (Å²) in [5, 5.41) is 14.5. The highest BCUT2D eigenvalue weighted by Gasteiger charge is 2.30. The molecule has 0 aliphatic heterocycles. The molecule has 1 aliphatic carbocycles. The van der Waals surface area contributed by atoms with Crippen molar-refractivity contribution >= 4 is 18.0 Å². The molecule has 0 fully saturated rings. The Morgan fingerprint density at radius 2 is 1.57 bits per heavy atom. The first kappa shape index (κ1) is 26.3. The monoisotopic (exact) mass is 480 g/mol. The normalized spacial score (nSPS) is 14.8. The first-order valence-electron chi connectivity index (χ1n) is 12.4. The number of carbonyl (C=O) groups is 3. The number of amides is 2. The largest absolute Gasteiger partial charge is 0.481 e. The molecule has 35 heavy (non-hydrogen) atoms. The first-order chi connectivity index (χ1) is 16.8. The Morgan fingerprint density at radius 1 is 0.971 bits per heavy atom. The highest BCUT2D eigenvalue weighted by Crippen LogP contribution is 2.44. The van der Waals surface area contributed by atoms with Crippen LogP contribution in [0.15, 0.2) is 48.5 Å². The molecule has 2 amide bonds. The predicted molar refractivity (Wildman–Crippen MR) is 135 cm³/mol. The second-order valence-corrected chi connectivity index (χ2v) is 9.55. The van der Waals surface area contributed by atoms with Crippen LogP contribution in [0.1, 0.15) is 63.5 Å². The Morgan fingerprint density at radius 3 is 2.14 bits per heavy atom. The van der Waals surface area contributed by atoms with E-state index in [4.69, 9.17) is 9.84 Å². The van der Waals surface area contributed by atoms with E-state index in [1.54, 1.807) is 0 Å². The van der Waals surface area contributed by atoms with Gasteiger partial charge in [0.25, 0.3) is 0 Å². The van der Waals surface area contributed by atoms with Gasteiger partial charge < -0.3 is 20.5 Å². The van der Waals surface area contributed by atoms with Gasteiger partial charge in [-0.1, -0.05) is 75.7 Å². The number of carbonyl (C=O) groups excluding carboxylic acids is 2. The minimum Gasteiger partial charge on any atom is -0.481 e. The molecule has 3 rings (SSSR count). The summed E-state index contributed by atoms with van der Waals surface area (Å²) in [6.45, 7) is 6.52. The summed E-state index contributed by atoms with van der Waals surface area (Å²) in [5.41, 5.74) is 4.57. The van der Waals surface area contributed by atoms with E-state index >= 15 is 0 Å². The second-order valence-electron chi connectivity index (χ2n) is 9.55. The number of hydrogen-bond acceptors (Lipinski definition) is 4. The fraction of sp³-hybridized carbons (Fsp3) is 0.464. The smallest absolute Gasteiger partial charge is 0.407 e. The molecule has 0 heterocycles. The van der Waals surface area contributed by atoms with Gasteiger partial charge in [-0.3, -0.25) is 9.59 Å². The summed E-state index contributed by atoms with van der Waals surface area (Å²) in [6, 6.07) is 15.6. The summed E-state index contributed by atoms with van der Waals surface area (Å²) < 4.78 is 5.63. The molecule has 7 heteroatoms. The minimum absolute atomic E-state index is 0.0220. The Balaban J connectivity index is 1.60. The Kier molecular flexibility index (Phi) is 9.29. The average molecular weight is 481 g/mol. The number of carboxylic acid groups (broad SMARTS) is 1. The molecule has 0 aromatic heterocycles. The Labute approximate surface area is 207 Å². The van der Waals surface area contributed by atoms with Crippen LogP contribution in [-0.2, 0) is 14.3 Å². The van der Waals surface area contributed by atoms with E-state index < -0.39 is 18.1 Å². The number of rotatable bonds is 12. The molecular weight excluding hydrogens is 444 g/mol. The van der Waals surface area contributed by atoms with Crippen molar-refractivity contribution in [2.75, 3.05) is 13.2 Å². The van der Waals surface area contributed by atoms with Crippen molar-refractivity contribution in [1.29, 1.82) is 0 Å². The van der Waals surface area contributed by atoms with Crippen molar-refractivity contribution in [2.24, 2.45) is 11.8 Å². The van der Waals surface area contributed by atoms with E-state index in [1.807, 2.05) is 45.0 Å². The summed E-state index contributed by atoms with van der Waals surface area (Å²) >= 11 is 0. The number of nitrogens with one attached hydrogen (secondary N) is 2. The van der Waals surface area contributed by atoms with E-state index in [0.29, 0.717) is 19.4 Å². The lowest BCUT2D eigenvalue weighted by atomic mass is 9.98. The van der Waals surface area contributed by atoms with Gasteiger partial charge in [0.15, 0.2) is 0 Å². The fourth-order valence-corrected chi connectivity index (χ4v) is 4.45. The van der Waals surface area contributed by atoms with Crippen LogP contribution in [0.3, 0.4) is 0 Å². The maximum Gasteiger partial charge on any atom is 0.407 e. The Bertz CT molecular complexity index is 992. The molecule has 3 atom stereocenters. The fourth-order valence-electron chi connectivity index (χ4n) is 4.45. The van der Waals surface area contributed by atoms with Crippen molar-refractivity contribution in [2.45, 2.75) is 58.4 Å². The van der Waals surface area contributed by atoms with E-state index in [9.17, 15) is 14.4 Å². The predicted octanol–water partition coefficient (Wildman–Crippen LogP) is 4.95. The van der Waals surface area contributed by atoms with Gasteiger partial charge in [0.05, 0.1) is 0 Å². The zero-order valence-electron chi connectivity index (χ0n) is 20.8. The van der Waals surface area contributed by atoms with Crippen molar-refractivity contribution < 1.29 is 24.2 Å². The number of aliphatic carboxylic acids is 1. The van der Waals surface area contributed by atoms with Crippen molar-refractivity contribution in [3.63, 3.8) is 0 Å². The summed E-state index contributed by atoms with van der Waals surface area (Å²) in [6.07, 6.45) is 1.30. The quantitative estimate of drug-likeness (QED) is 0.399. The number of hydrogen-bond donors (Lipinski definition) is 3. The van der Waals surface area contributed by atoms with E-state index in [2.05, 4.69) is 34.9 Å². The Hall–Kier alpha value is -3.35. The third-order valence-electron chi connectivity index (χ3n) is 6.76. The van der Waals surface area contributed by atoms with E-state index in [-0.39, 0.29) is 36.7 Å². The molecule has 1 aliphatic rings. The third kappa shape index (κ3) is 7.07. The number of alkyl carbamates (subject to hydrolysis) is 1. The maximum absolute atomic E-state index is 12.9. The van der Waals surface area contributed by atoms with Crippen LogP contribution < -0.4 is 10.6 Å². The van der Waals surface area contributed by atoms with Crippen LogP contribution in [0.5, 0.6) is 0 Å². The molecule has 0 bridgehead atoms. The van der Waals surface area contributed by atoms with Crippen LogP contribution in [0.4, 0.5) is 4.79 Å². The summed E-state index contributed by atoms with van der Waals surface area (Å²) in [7, 11) is 0. The van der Waals surface area contributed by atoms with E-state index in [0.717, 1.165) is 28.7 Å². The standard InChI is InChI=1S/C28H36N2O5/c1-4-18(2)15-25(27(33)29-16-19(3)13-14-26(31)32)30-28(34)35-17-24-22-11-7-5-9-20(22)21-10-6-8-12-23(21)24/h5-12,18-19,24-25H,4,13-17H2,1-3H3,(H,29,33)(H,30,34)(H,31,32). The van der Waals surface area contributed by atoms with Crippen LogP contribution in [0.2, 0.25) is 0 Å². The number of carboxylic acids is 1. The van der Waals surface area contributed by atoms with Gasteiger partial charge in [-0.15, -0.1) is 0 Å². The van der Waals surface area contributed by atoms with Crippen LogP contribution >= 0.6 is 0 Å². The summed E-state index contributed by atoms with van der Waals surface area (Å²) in [5.74, 6) is -0.918. The van der Waals surface area contributed by atoms with Gasteiger partial charge >= 0.3 is 12.1 Å². The molecule has 0 radical (unpaired) electrons. The van der Waals surface area contributed by atoms with Gasteiger partial charge in [-0.2, -0.15) is 0 Å². The summed E-state index contributed by atoms with van der Waals surface area (Å²) in [4.78, 5) is 36.4. The highest BCUT2D eigenvalue weighted by atomic mass is 16.5. The lowest BCUT2D eigenvalue weighted by Gasteiger charge is -2.22. The topological polar surface area (TPSA) is 105 Å². The van der Waals surface area contributed by atoms with Gasteiger partial charge in [0.1, 0.15) is 12.6 Å². The van der Waals surface area contributed by atoms with Gasteiger partial charge in [0.2, 0.25) is 5.91 Å². The maximum atomic E-state index is 12.9. The van der Waals surface area contributed by atoms with Crippen molar-refractivity contribution in [3.05, 3.63) is 59.7 Å². The molecule has 0 saturated heterocycles. The van der Waals surface area contributed by atoms with Crippen LogP contribution in [0, 0.1) is 11.8 Å². The van der Waals surface area contributed by atoms with Crippen LogP contribution in [0.25, 0.3) is 11.1 Å². The minimum atomic E-state index is -0.852. The molecule has 0 spiro atoms. The number of benzene rings is 2. The second kappa shape index (κ2) is 12.4. The molecule has 7 nitrogen and oxygen atoms in total. The molecule has 0 saturated carbocycles. The number of ether oxygens (including phenoxy) is 1. The van der Waals surface area contributed by atoms with Gasteiger partial charge in [-0.05, 0) is 46.9 Å². The van der Waals surface area contributed by atoms with Crippen molar-refractivity contribution in [1.82, 2.24) is 10.6 Å². The third-order valence-corrected chi connectivity index (χ3v) is 6.76. The lowest BCUT2D eigenvalue weighted by molar-refractivity contribution is -0.137. The molecule has 188 valence electrons. The SMILES string of the molecule is CCC(C)CC(NC(=O)OCC1c2ccccc2-c2ccccc21)C(=O)NCC(C)CCC(=O)O. The molecule has 3 N–H and O–H groups in total. The van der Waals surface area contributed by atoms with E-state index in [1.165, 1.54) is 0 Å². The van der Waals surface area contributed by atoms with Crippen LogP contribution in [-0.4, -0.2) is 42.3 Å². The molecular formula is C28H36N2O5. The highest BCUT2D eigenvalue weighted by molar-refractivity contribution is 5.85. The zero-order valence-corrected chi connectivity index (χ0v) is 20.8. The lowest BCUT2D eigenvalue weighted by Crippen LogP contribution is -2.48. The number of fused-ring (bicyclic) bond motifs is 3.